The molecule has 0 radical (unpaired) electrons. The molecule has 2 aromatic heterocycles. The summed E-state index contributed by atoms with van der Waals surface area (Å²) in [6.07, 6.45) is 3.48. The average molecular weight is 410 g/mol. The summed E-state index contributed by atoms with van der Waals surface area (Å²) >= 11 is 0. The smallest absolute Gasteiger partial charge is 0.260 e. The third-order valence-corrected chi connectivity index (χ3v) is 6.05. The highest BCUT2D eigenvalue weighted by atomic mass is 16.5. The number of hydrogen-bond donors (Lipinski definition) is 0. The molecule has 9 heteroatoms. The number of piperazine rings is 1. The fourth-order valence-corrected chi connectivity index (χ4v) is 4.19. The molecule has 0 atom stereocenters. The fraction of sp³-hybridized carbons (Fsp3) is 0.524. The Balaban J connectivity index is 1.20. The van der Waals surface area contributed by atoms with E-state index in [0.717, 1.165) is 69.3 Å². The third-order valence-electron chi connectivity index (χ3n) is 6.05. The Kier molecular flexibility index (Phi) is 5.22. The Bertz CT molecular complexity index is 1080. The molecule has 0 unspecified atom stereocenters. The van der Waals surface area contributed by atoms with E-state index in [1.807, 2.05) is 18.2 Å². The van der Waals surface area contributed by atoms with Crippen LogP contribution in [-0.2, 0) is 18.3 Å². The molecule has 2 aliphatic heterocycles. The average Bonchev–Trinajstić information content (AvgIpc) is 3.26. The number of ether oxygens (including phenoxy) is 1. The molecule has 0 saturated carbocycles. The van der Waals surface area contributed by atoms with Gasteiger partial charge in [0.2, 0.25) is 11.8 Å². The molecule has 0 N–H and O–H groups in total. The van der Waals surface area contributed by atoms with Gasteiger partial charge in [0.1, 0.15) is 0 Å². The van der Waals surface area contributed by atoms with Crippen LogP contribution in [0.15, 0.2) is 33.7 Å². The van der Waals surface area contributed by atoms with Crippen LogP contribution in [0.4, 0.5) is 5.69 Å². The van der Waals surface area contributed by atoms with Gasteiger partial charge < -0.3 is 18.6 Å². The Morgan fingerprint density at radius 2 is 1.90 bits per heavy atom. The van der Waals surface area contributed by atoms with Crippen molar-refractivity contribution in [3.8, 4) is 0 Å². The summed E-state index contributed by atoms with van der Waals surface area (Å²) in [5, 5.41) is 9.18. The second-order valence-corrected chi connectivity index (χ2v) is 8.05. The maximum atomic E-state index is 12.2. The zero-order chi connectivity index (χ0) is 20.5. The van der Waals surface area contributed by atoms with Gasteiger partial charge in [0, 0.05) is 58.0 Å². The molecule has 0 amide bonds. The second-order valence-electron chi connectivity index (χ2n) is 8.05. The normalized spacial score (nSPS) is 18.9. The van der Waals surface area contributed by atoms with Crippen LogP contribution in [0.25, 0.3) is 10.9 Å². The van der Waals surface area contributed by atoms with E-state index in [9.17, 15) is 4.79 Å². The number of aryl methyl sites for hydroxylation is 1. The molecular formula is C21H26N6O3. The van der Waals surface area contributed by atoms with Crippen molar-refractivity contribution in [3.63, 3.8) is 0 Å². The van der Waals surface area contributed by atoms with Gasteiger partial charge in [0.05, 0.1) is 23.8 Å². The van der Waals surface area contributed by atoms with Crippen LogP contribution in [0.5, 0.6) is 0 Å². The maximum absolute atomic E-state index is 12.2. The topological polar surface area (TPSA) is 89.5 Å². The molecule has 30 heavy (non-hydrogen) atoms. The van der Waals surface area contributed by atoms with E-state index in [4.69, 9.17) is 9.15 Å². The molecule has 1 aromatic carbocycles. The minimum atomic E-state index is -0.0175. The SMILES string of the molecule is Cn1cnc2cc(N3CCN(Cc4nnc(C5CCOCC5)o4)CC3)ccc2c1=O. The van der Waals surface area contributed by atoms with Gasteiger partial charge in [-0.3, -0.25) is 9.69 Å². The van der Waals surface area contributed by atoms with Gasteiger partial charge in [-0.2, -0.15) is 0 Å². The van der Waals surface area contributed by atoms with Crippen molar-refractivity contribution in [3.05, 3.63) is 46.7 Å². The van der Waals surface area contributed by atoms with Crippen LogP contribution in [0.2, 0.25) is 0 Å². The number of hydrogen-bond acceptors (Lipinski definition) is 8. The van der Waals surface area contributed by atoms with Crippen LogP contribution >= 0.6 is 0 Å². The van der Waals surface area contributed by atoms with Crippen LogP contribution in [0, 0.1) is 0 Å². The minimum Gasteiger partial charge on any atom is -0.424 e. The molecule has 2 aliphatic rings. The first-order chi connectivity index (χ1) is 14.7. The van der Waals surface area contributed by atoms with Crippen molar-refractivity contribution in [2.75, 3.05) is 44.3 Å². The van der Waals surface area contributed by atoms with E-state index >= 15 is 0 Å². The monoisotopic (exact) mass is 410 g/mol. The predicted molar refractivity (Wildman–Crippen MR) is 112 cm³/mol. The zero-order valence-electron chi connectivity index (χ0n) is 17.2. The lowest BCUT2D eigenvalue weighted by molar-refractivity contribution is 0.0788. The summed E-state index contributed by atoms with van der Waals surface area (Å²) in [4.78, 5) is 21.3. The molecule has 4 heterocycles. The highest BCUT2D eigenvalue weighted by molar-refractivity contribution is 5.81. The third kappa shape index (κ3) is 3.82. The first kappa shape index (κ1) is 19.2. The van der Waals surface area contributed by atoms with E-state index < -0.39 is 0 Å². The lowest BCUT2D eigenvalue weighted by Gasteiger charge is -2.35. The first-order valence-electron chi connectivity index (χ1n) is 10.5. The largest absolute Gasteiger partial charge is 0.424 e. The van der Waals surface area contributed by atoms with Crippen molar-refractivity contribution in [1.29, 1.82) is 0 Å². The van der Waals surface area contributed by atoms with Crippen LogP contribution in [0.3, 0.4) is 0 Å². The Morgan fingerprint density at radius 3 is 2.70 bits per heavy atom. The predicted octanol–water partition coefficient (Wildman–Crippen LogP) is 1.53. The van der Waals surface area contributed by atoms with E-state index in [0.29, 0.717) is 23.7 Å². The summed E-state index contributed by atoms with van der Waals surface area (Å²) in [7, 11) is 1.72. The van der Waals surface area contributed by atoms with Gasteiger partial charge in [-0.1, -0.05) is 0 Å². The molecule has 0 aliphatic carbocycles. The van der Waals surface area contributed by atoms with Gasteiger partial charge in [-0.15, -0.1) is 10.2 Å². The van der Waals surface area contributed by atoms with E-state index in [1.54, 1.807) is 13.4 Å². The van der Waals surface area contributed by atoms with Crippen LogP contribution < -0.4 is 10.5 Å². The summed E-state index contributed by atoms with van der Waals surface area (Å²) in [5.41, 5.74) is 1.82. The first-order valence-corrected chi connectivity index (χ1v) is 10.5. The highest BCUT2D eigenvalue weighted by Gasteiger charge is 2.24. The van der Waals surface area contributed by atoms with Crippen LogP contribution in [-0.4, -0.2) is 64.0 Å². The standard InChI is InChI=1S/C21H26N6O3/c1-25-14-22-18-12-16(2-3-17(18)21(25)28)27-8-6-26(7-9-27)13-19-23-24-20(30-19)15-4-10-29-11-5-15/h2-3,12,14-15H,4-11,13H2,1H3. The van der Waals surface area contributed by atoms with Crippen molar-refractivity contribution in [2.24, 2.45) is 7.05 Å². The number of benzene rings is 1. The highest BCUT2D eigenvalue weighted by Crippen LogP contribution is 2.26. The van der Waals surface area contributed by atoms with Crippen molar-refractivity contribution in [1.82, 2.24) is 24.6 Å². The molecule has 2 fully saturated rings. The van der Waals surface area contributed by atoms with Gasteiger partial charge in [-0.25, -0.2) is 4.98 Å². The molecular weight excluding hydrogens is 384 g/mol. The van der Waals surface area contributed by atoms with Crippen molar-refractivity contribution < 1.29 is 9.15 Å². The van der Waals surface area contributed by atoms with E-state index in [-0.39, 0.29) is 5.56 Å². The lowest BCUT2D eigenvalue weighted by atomic mass is 10.0. The summed E-state index contributed by atoms with van der Waals surface area (Å²) < 4.78 is 12.8. The number of fused-ring (bicyclic) bond motifs is 1. The van der Waals surface area contributed by atoms with Gasteiger partial charge >= 0.3 is 0 Å². The van der Waals surface area contributed by atoms with Crippen molar-refractivity contribution in [2.45, 2.75) is 25.3 Å². The minimum absolute atomic E-state index is 0.0175. The maximum Gasteiger partial charge on any atom is 0.260 e. The van der Waals surface area contributed by atoms with Gasteiger partial charge in [-0.05, 0) is 31.0 Å². The zero-order valence-corrected chi connectivity index (χ0v) is 17.2. The van der Waals surface area contributed by atoms with Crippen LogP contribution in [0.1, 0.15) is 30.5 Å². The molecule has 0 spiro atoms. The molecule has 3 aromatic rings. The summed E-state index contributed by atoms with van der Waals surface area (Å²) in [6, 6.07) is 5.90. The fourth-order valence-electron chi connectivity index (χ4n) is 4.19. The van der Waals surface area contributed by atoms with E-state index in [2.05, 4.69) is 25.0 Å². The number of nitrogens with zero attached hydrogens (tertiary/aromatic N) is 6. The Labute approximate surface area is 174 Å². The summed E-state index contributed by atoms with van der Waals surface area (Å²) in [6.45, 7) is 5.84. The summed E-state index contributed by atoms with van der Waals surface area (Å²) in [5.74, 6) is 1.77. The Morgan fingerprint density at radius 1 is 1.10 bits per heavy atom. The van der Waals surface area contributed by atoms with Gasteiger partial charge in [0.15, 0.2) is 0 Å². The number of rotatable bonds is 4. The second kappa shape index (κ2) is 8.16. The number of anilines is 1. The van der Waals surface area contributed by atoms with Crippen molar-refractivity contribution >= 4 is 16.6 Å². The molecule has 0 bridgehead atoms. The van der Waals surface area contributed by atoms with Gasteiger partial charge in [0.25, 0.3) is 5.56 Å². The number of aromatic nitrogens is 4. The molecule has 5 rings (SSSR count). The lowest BCUT2D eigenvalue weighted by Crippen LogP contribution is -2.46. The molecule has 9 nitrogen and oxygen atoms in total. The quantitative estimate of drug-likeness (QED) is 0.640. The molecule has 2 saturated heterocycles. The molecule has 158 valence electrons. The Hall–Kier alpha value is -2.78. The van der Waals surface area contributed by atoms with E-state index in [1.165, 1.54) is 4.57 Å².